The lowest BCUT2D eigenvalue weighted by molar-refractivity contribution is 0.306. The molecule has 0 radical (unpaired) electrons. The van der Waals surface area contributed by atoms with Crippen molar-refractivity contribution < 1.29 is 4.74 Å². The molecule has 1 N–H and O–H groups in total. The van der Waals surface area contributed by atoms with Crippen LogP contribution in [0.3, 0.4) is 0 Å². The van der Waals surface area contributed by atoms with Gasteiger partial charge < -0.3 is 10.1 Å². The summed E-state index contributed by atoms with van der Waals surface area (Å²) in [5.74, 6) is 1.56. The lowest BCUT2D eigenvalue weighted by atomic mass is 10.2. The van der Waals surface area contributed by atoms with E-state index >= 15 is 0 Å². The number of hydrogen-bond donors (Lipinski definition) is 1. The highest BCUT2D eigenvalue weighted by Gasteiger charge is 2.06. The molecule has 4 aromatic rings. The molecular formula is C22H19N3O. The van der Waals surface area contributed by atoms with Gasteiger partial charge >= 0.3 is 0 Å². The second-order valence-electron chi connectivity index (χ2n) is 6.07. The molecule has 3 aromatic carbocycles. The number of hydrogen-bond acceptors (Lipinski definition) is 4. The van der Waals surface area contributed by atoms with Crippen molar-refractivity contribution in [1.82, 2.24) is 9.97 Å². The van der Waals surface area contributed by atoms with Crippen LogP contribution in [0.25, 0.3) is 11.0 Å². The van der Waals surface area contributed by atoms with E-state index in [0.29, 0.717) is 6.61 Å². The number of nitrogens with zero attached hydrogens (tertiary/aromatic N) is 2. The van der Waals surface area contributed by atoms with Gasteiger partial charge in [-0.1, -0.05) is 48.5 Å². The van der Waals surface area contributed by atoms with Gasteiger partial charge in [0.2, 0.25) is 0 Å². The summed E-state index contributed by atoms with van der Waals surface area (Å²) in [6, 6.07) is 25.9. The summed E-state index contributed by atoms with van der Waals surface area (Å²) in [6.07, 6.45) is 0. The maximum atomic E-state index is 5.89. The van der Waals surface area contributed by atoms with Crippen LogP contribution < -0.4 is 10.1 Å². The number of fused-ring (bicyclic) bond motifs is 1. The molecule has 128 valence electrons. The first-order valence-corrected chi connectivity index (χ1v) is 8.55. The average molecular weight is 341 g/mol. The van der Waals surface area contributed by atoms with Crippen LogP contribution in [0.1, 0.15) is 11.3 Å². The molecule has 26 heavy (non-hydrogen) atoms. The van der Waals surface area contributed by atoms with E-state index in [1.807, 2.05) is 73.7 Å². The first kappa shape index (κ1) is 16.1. The van der Waals surface area contributed by atoms with E-state index in [9.17, 15) is 0 Å². The molecule has 0 fully saturated rings. The Morgan fingerprint density at radius 1 is 0.808 bits per heavy atom. The standard InChI is InChI=1S/C22H19N3O/c1-16-22(25-21-13-6-5-12-20(21)23-16)24-18-10-7-11-19(14-18)26-15-17-8-3-2-4-9-17/h2-14H,15H2,1H3,(H,24,25). The van der Waals surface area contributed by atoms with Crippen molar-refractivity contribution in [3.63, 3.8) is 0 Å². The largest absolute Gasteiger partial charge is 0.489 e. The summed E-state index contributed by atoms with van der Waals surface area (Å²) >= 11 is 0. The minimum Gasteiger partial charge on any atom is -0.489 e. The third kappa shape index (κ3) is 3.64. The zero-order chi connectivity index (χ0) is 17.8. The van der Waals surface area contributed by atoms with Gasteiger partial charge in [0.15, 0.2) is 5.82 Å². The molecule has 4 heteroatoms. The van der Waals surface area contributed by atoms with E-state index < -0.39 is 0 Å². The Bertz CT molecular complexity index is 1030. The van der Waals surface area contributed by atoms with Gasteiger partial charge in [-0.2, -0.15) is 0 Å². The molecule has 0 aliphatic heterocycles. The van der Waals surface area contributed by atoms with Crippen LogP contribution in [0.5, 0.6) is 5.75 Å². The minimum absolute atomic E-state index is 0.541. The van der Waals surface area contributed by atoms with E-state index in [2.05, 4.69) is 27.4 Å². The van der Waals surface area contributed by atoms with Crippen LogP contribution in [0, 0.1) is 6.92 Å². The van der Waals surface area contributed by atoms with Crippen LogP contribution in [-0.4, -0.2) is 9.97 Å². The number of rotatable bonds is 5. The van der Waals surface area contributed by atoms with Crippen molar-refractivity contribution in [1.29, 1.82) is 0 Å². The SMILES string of the molecule is Cc1nc2ccccc2nc1Nc1cccc(OCc2ccccc2)c1. The monoisotopic (exact) mass is 341 g/mol. The first-order valence-electron chi connectivity index (χ1n) is 8.55. The molecule has 0 unspecified atom stereocenters. The van der Waals surface area contributed by atoms with Gasteiger partial charge in [0.25, 0.3) is 0 Å². The molecule has 0 aliphatic carbocycles. The Labute approximate surface area is 152 Å². The quantitative estimate of drug-likeness (QED) is 0.538. The van der Waals surface area contributed by atoms with Gasteiger partial charge in [-0.05, 0) is 36.8 Å². The smallest absolute Gasteiger partial charge is 0.152 e. The normalized spacial score (nSPS) is 10.7. The summed E-state index contributed by atoms with van der Waals surface area (Å²) in [7, 11) is 0. The van der Waals surface area contributed by atoms with Crippen LogP contribution >= 0.6 is 0 Å². The number of aryl methyl sites for hydroxylation is 1. The van der Waals surface area contributed by atoms with Crippen LogP contribution in [0.2, 0.25) is 0 Å². The molecule has 0 atom stereocenters. The van der Waals surface area contributed by atoms with E-state index in [-0.39, 0.29) is 0 Å². The molecule has 1 heterocycles. The highest BCUT2D eigenvalue weighted by molar-refractivity contribution is 5.77. The maximum Gasteiger partial charge on any atom is 0.152 e. The third-order valence-corrected chi connectivity index (χ3v) is 4.09. The summed E-state index contributed by atoms with van der Waals surface area (Å²) in [6.45, 7) is 2.50. The van der Waals surface area contributed by atoms with E-state index in [0.717, 1.165) is 39.5 Å². The van der Waals surface area contributed by atoms with Crippen LogP contribution in [0.15, 0.2) is 78.9 Å². The lowest BCUT2D eigenvalue weighted by Crippen LogP contribution is -2.00. The predicted octanol–water partition coefficient (Wildman–Crippen LogP) is 5.26. The Morgan fingerprint density at radius 3 is 2.35 bits per heavy atom. The predicted molar refractivity (Wildman–Crippen MR) is 105 cm³/mol. The summed E-state index contributed by atoms with van der Waals surface area (Å²) in [5, 5.41) is 3.35. The van der Waals surface area contributed by atoms with Gasteiger partial charge in [-0.3, -0.25) is 0 Å². The number of benzene rings is 3. The van der Waals surface area contributed by atoms with Crippen molar-refractivity contribution in [2.45, 2.75) is 13.5 Å². The van der Waals surface area contributed by atoms with Gasteiger partial charge in [0.05, 0.1) is 16.7 Å². The van der Waals surface area contributed by atoms with Crippen molar-refractivity contribution in [3.05, 3.63) is 90.1 Å². The van der Waals surface area contributed by atoms with Gasteiger partial charge in [-0.25, -0.2) is 9.97 Å². The molecule has 4 nitrogen and oxygen atoms in total. The fourth-order valence-corrected chi connectivity index (χ4v) is 2.75. The van der Waals surface area contributed by atoms with Crippen molar-refractivity contribution in [3.8, 4) is 5.75 Å². The number of nitrogens with one attached hydrogen (secondary N) is 1. The minimum atomic E-state index is 0.541. The highest BCUT2D eigenvalue weighted by atomic mass is 16.5. The van der Waals surface area contributed by atoms with Gasteiger partial charge in [-0.15, -0.1) is 0 Å². The van der Waals surface area contributed by atoms with Gasteiger partial charge in [0, 0.05) is 11.8 Å². The molecular weight excluding hydrogens is 322 g/mol. The van der Waals surface area contributed by atoms with Crippen molar-refractivity contribution in [2.75, 3.05) is 5.32 Å². The fraction of sp³-hybridized carbons (Fsp3) is 0.0909. The second-order valence-corrected chi connectivity index (χ2v) is 6.07. The molecule has 0 spiro atoms. The fourth-order valence-electron chi connectivity index (χ4n) is 2.75. The number of ether oxygens (including phenoxy) is 1. The Balaban J connectivity index is 1.52. The van der Waals surface area contributed by atoms with Crippen LogP contribution in [-0.2, 0) is 6.61 Å². The summed E-state index contributed by atoms with van der Waals surface area (Å²) in [5.41, 5.74) is 4.69. The van der Waals surface area contributed by atoms with Gasteiger partial charge in [0.1, 0.15) is 12.4 Å². The average Bonchev–Trinajstić information content (AvgIpc) is 2.68. The molecule has 0 saturated carbocycles. The lowest BCUT2D eigenvalue weighted by Gasteiger charge is -2.11. The Morgan fingerprint density at radius 2 is 1.54 bits per heavy atom. The van der Waals surface area contributed by atoms with Crippen molar-refractivity contribution >= 4 is 22.5 Å². The Kier molecular flexibility index (Phi) is 4.48. The maximum absolute atomic E-state index is 5.89. The molecule has 1 aromatic heterocycles. The first-order chi connectivity index (χ1) is 12.8. The second kappa shape index (κ2) is 7.23. The van der Waals surface area contributed by atoms with E-state index in [4.69, 9.17) is 4.74 Å². The summed E-state index contributed by atoms with van der Waals surface area (Å²) < 4.78 is 5.89. The van der Waals surface area contributed by atoms with E-state index in [1.54, 1.807) is 0 Å². The number of para-hydroxylation sites is 2. The molecule has 4 rings (SSSR count). The topological polar surface area (TPSA) is 47.0 Å². The number of anilines is 2. The summed E-state index contributed by atoms with van der Waals surface area (Å²) in [4.78, 5) is 9.29. The molecule has 0 aliphatic rings. The van der Waals surface area contributed by atoms with Crippen molar-refractivity contribution in [2.24, 2.45) is 0 Å². The highest BCUT2D eigenvalue weighted by Crippen LogP contribution is 2.24. The molecule has 0 saturated heterocycles. The molecule has 0 bridgehead atoms. The Hall–Kier alpha value is -3.40. The van der Waals surface area contributed by atoms with Crippen LogP contribution in [0.4, 0.5) is 11.5 Å². The van der Waals surface area contributed by atoms with E-state index in [1.165, 1.54) is 0 Å². The third-order valence-electron chi connectivity index (χ3n) is 4.09. The number of aromatic nitrogens is 2. The zero-order valence-electron chi connectivity index (χ0n) is 14.5. The zero-order valence-corrected chi connectivity index (χ0v) is 14.5. The molecule has 0 amide bonds.